The molecule has 0 spiro atoms. The van der Waals surface area contributed by atoms with Crippen LogP contribution in [-0.4, -0.2) is 5.11 Å². The number of ether oxygens (including phenoxy) is 1. The molecular weight excluding hydrogens is 339 g/mol. The van der Waals surface area contributed by atoms with Crippen LogP contribution in [0.4, 0.5) is 0 Å². The fraction of sp³-hybridized carbons (Fsp3) is 0.200. The molecule has 0 saturated heterocycles. The lowest BCUT2D eigenvalue weighted by Crippen LogP contribution is -1.98. The van der Waals surface area contributed by atoms with Gasteiger partial charge >= 0.3 is 0 Å². The first kappa shape index (κ1) is 13.4. The number of halogens is 1. The fourth-order valence-electron chi connectivity index (χ4n) is 1.70. The zero-order valence-corrected chi connectivity index (χ0v) is 12.3. The molecule has 0 aliphatic rings. The predicted octanol–water partition coefficient (Wildman–Crippen LogP) is 4.53. The number of hydrogen-bond donors (Lipinski definition) is 1. The smallest absolute Gasteiger partial charge is 0.133 e. The lowest BCUT2D eigenvalue weighted by atomic mass is 10.1. The molecule has 0 fully saturated rings. The van der Waals surface area contributed by atoms with E-state index in [9.17, 15) is 5.11 Å². The van der Waals surface area contributed by atoms with Crippen molar-refractivity contribution >= 4 is 22.6 Å². The van der Waals surface area contributed by atoms with Gasteiger partial charge in [-0.3, -0.25) is 0 Å². The molecule has 1 atom stereocenters. The van der Waals surface area contributed by atoms with Crippen LogP contribution in [0.15, 0.2) is 48.5 Å². The van der Waals surface area contributed by atoms with Crippen molar-refractivity contribution in [3.05, 3.63) is 57.7 Å². The number of rotatable bonds is 4. The second-order valence-electron chi connectivity index (χ2n) is 4.02. The summed E-state index contributed by atoms with van der Waals surface area (Å²) < 4.78 is 6.99. The number of aliphatic hydroxyl groups excluding tert-OH is 1. The van der Waals surface area contributed by atoms with Gasteiger partial charge in [-0.25, -0.2) is 0 Å². The molecule has 0 aliphatic carbocycles. The van der Waals surface area contributed by atoms with E-state index in [-0.39, 0.29) is 0 Å². The molecule has 0 aromatic heterocycles. The van der Waals surface area contributed by atoms with Crippen LogP contribution in [-0.2, 0) is 0 Å². The quantitative estimate of drug-likeness (QED) is 0.818. The highest BCUT2D eigenvalue weighted by molar-refractivity contribution is 14.1. The third-order valence-corrected chi connectivity index (χ3v) is 3.43. The lowest BCUT2D eigenvalue weighted by Gasteiger charge is -2.14. The van der Waals surface area contributed by atoms with Crippen molar-refractivity contribution in [3.8, 4) is 11.5 Å². The molecule has 2 rings (SSSR count). The van der Waals surface area contributed by atoms with Crippen LogP contribution in [0.3, 0.4) is 0 Å². The van der Waals surface area contributed by atoms with Crippen molar-refractivity contribution in [1.29, 1.82) is 0 Å². The van der Waals surface area contributed by atoms with Crippen molar-refractivity contribution in [2.45, 2.75) is 19.4 Å². The van der Waals surface area contributed by atoms with Gasteiger partial charge in [-0.2, -0.15) is 0 Å². The van der Waals surface area contributed by atoms with Crippen LogP contribution in [0.2, 0.25) is 0 Å². The summed E-state index contributed by atoms with van der Waals surface area (Å²) in [7, 11) is 0. The highest BCUT2D eigenvalue weighted by Gasteiger charge is 2.11. The average molecular weight is 354 g/mol. The van der Waals surface area contributed by atoms with Crippen molar-refractivity contribution in [2.75, 3.05) is 0 Å². The van der Waals surface area contributed by atoms with Crippen molar-refractivity contribution in [1.82, 2.24) is 0 Å². The van der Waals surface area contributed by atoms with Crippen LogP contribution >= 0.6 is 22.6 Å². The van der Waals surface area contributed by atoms with Gasteiger partial charge in [-0.1, -0.05) is 25.1 Å². The van der Waals surface area contributed by atoms with Crippen LogP contribution in [0.5, 0.6) is 11.5 Å². The van der Waals surface area contributed by atoms with E-state index in [4.69, 9.17) is 4.74 Å². The SMILES string of the molecule is CCC(O)c1ccccc1Oc1ccc(I)cc1. The molecule has 94 valence electrons. The van der Waals surface area contributed by atoms with Crippen molar-refractivity contribution in [2.24, 2.45) is 0 Å². The number of para-hydroxylation sites is 1. The lowest BCUT2D eigenvalue weighted by molar-refractivity contribution is 0.170. The van der Waals surface area contributed by atoms with Gasteiger partial charge in [-0.05, 0) is 59.3 Å². The zero-order valence-electron chi connectivity index (χ0n) is 10.1. The number of aliphatic hydroxyl groups is 1. The van der Waals surface area contributed by atoms with Crippen molar-refractivity contribution < 1.29 is 9.84 Å². The summed E-state index contributed by atoms with van der Waals surface area (Å²) in [6.07, 6.45) is 0.192. The number of hydrogen-bond acceptors (Lipinski definition) is 2. The maximum atomic E-state index is 9.95. The maximum Gasteiger partial charge on any atom is 0.133 e. The molecule has 0 saturated carbocycles. The van der Waals surface area contributed by atoms with E-state index in [0.717, 1.165) is 11.3 Å². The Balaban J connectivity index is 2.26. The van der Waals surface area contributed by atoms with Gasteiger partial charge in [-0.15, -0.1) is 0 Å². The van der Waals surface area contributed by atoms with E-state index in [1.165, 1.54) is 3.57 Å². The molecule has 2 aromatic rings. The van der Waals surface area contributed by atoms with Crippen molar-refractivity contribution in [3.63, 3.8) is 0 Å². The molecule has 18 heavy (non-hydrogen) atoms. The number of benzene rings is 2. The summed E-state index contributed by atoms with van der Waals surface area (Å²) in [6, 6.07) is 15.4. The fourth-order valence-corrected chi connectivity index (χ4v) is 2.06. The minimum absolute atomic E-state index is 0.481. The molecular formula is C15H15IO2. The minimum atomic E-state index is -0.481. The Morgan fingerprint density at radius 3 is 2.44 bits per heavy atom. The second-order valence-corrected chi connectivity index (χ2v) is 5.26. The van der Waals surface area contributed by atoms with Crippen LogP contribution in [0.1, 0.15) is 25.0 Å². The Kier molecular flexibility index (Phi) is 4.60. The van der Waals surface area contributed by atoms with Gasteiger partial charge in [0.1, 0.15) is 11.5 Å². The van der Waals surface area contributed by atoms with Gasteiger partial charge in [0.2, 0.25) is 0 Å². The van der Waals surface area contributed by atoms with E-state index in [1.54, 1.807) is 0 Å². The minimum Gasteiger partial charge on any atom is -0.457 e. The topological polar surface area (TPSA) is 29.5 Å². The summed E-state index contributed by atoms with van der Waals surface area (Å²) in [6.45, 7) is 1.95. The normalized spacial score (nSPS) is 12.2. The molecule has 3 heteroatoms. The summed E-state index contributed by atoms with van der Waals surface area (Å²) in [5.74, 6) is 1.50. The summed E-state index contributed by atoms with van der Waals surface area (Å²) in [5, 5.41) is 9.95. The van der Waals surface area contributed by atoms with Crippen LogP contribution < -0.4 is 4.74 Å². The standard InChI is InChI=1S/C15H15IO2/c1-2-14(17)13-5-3-4-6-15(13)18-12-9-7-11(16)8-10-12/h3-10,14,17H,2H2,1H3. The monoisotopic (exact) mass is 354 g/mol. The van der Waals surface area contributed by atoms with E-state index in [0.29, 0.717) is 12.2 Å². The summed E-state index contributed by atoms with van der Waals surface area (Å²) in [4.78, 5) is 0. The Morgan fingerprint density at radius 1 is 1.11 bits per heavy atom. The average Bonchev–Trinajstić information content (AvgIpc) is 2.41. The molecule has 2 aromatic carbocycles. The van der Waals surface area contributed by atoms with Crippen LogP contribution in [0.25, 0.3) is 0 Å². The van der Waals surface area contributed by atoms with Gasteiger partial charge in [0, 0.05) is 9.13 Å². The van der Waals surface area contributed by atoms with Gasteiger partial charge < -0.3 is 9.84 Å². The van der Waals surface area contributed by atoms with E-state index >= 15 is 0 Å². The molecule has 0 bridgehead atoms. The largest absolute Gasteiger partial charge is 0.457 e. The summed E-state index contributed by atoms with van der Waals surface area (Å²) in [5.41, 5.74) is 0.832. The molecule has 0 amide bonds. The third-order valence-electron chi connectivity index (χ3n) is 2.71. The zero-order chi connectivity index (χ0) is 13.0. The van der Waals surface area contributed by atoms with E-state index in [1.807, 2.05) is 55.5 Å². The van der Waals surface area contributed by atoms with E-state index in [2.05, 4.69) is 22.6 Å². The Hall–Kier alpha value is -1.07. The third kappa shape index (κ3) is 3.23. The first-order valence-electron chi connectivity index (χ1n) is 5.91. The molecule has 1 unspecified atom stereocenters. The molecule has 1 N–H and O–H groups in total. The highest BCUT2D eigenvalue weighted by Crippen LogP contribution is 2.30. The molecule has 0 aliphatic heterocycles. The first-order chi connectivity index (χ1) is 8.70. The van der Waals surface area contributed by atoms with Gasteiger partial charge in [0.15, 0.2) is 0 Å². The maximum absolute atomic E-state index is 9.95. The van der Waals surface area contributed by atoms with Gasteiger partial charge in [0.05, 0.1) is 6.10 Å². The van der Waals surface area contributed by atoms with Crippen LogP contribution in [0, 0.1) is 3.57 Å². The van der Waals surface area contributed by atoms with E-state index < -0.39 is 6.10 Å². The Morgan fingerprint density at radius 2 is 1.78 bits per heavy atom. The molecule has 0 heterocycles. The Labute approximate surface area is 121 Å². The van der Waals surface area contributed by atoms with Gasteiger partial charge in [0.25, 0.3) is 0 Å². The second kappa shape index (κ2) is 6.20. The predicted molar refractivity (Wildman–Crippen MR) is 80.9 cm³/mol. The molecule has 2 nitrogen and oxygen atoms in total. The Bertz CT molecular complexity index is 508. The first-order valence-corrected chi connectivity index (χ1v) is 6.99. The summed E-state index contributed by atoms with van der Waals surface area (Å²) >= 11 is 2.26. The highest BCUT2D eigenvalue weighted by atomic mass is 127. The molecule has 0 radical (unpaired) electrons.